The second-order valence-electron chi connectivity index (χ2n) is 4.82. The normalized spacial score (nSPS) is 10.8. The summed E-state index contributed by atoms with van der Waals surface area (Å²) in [5.41, 5.74) is 8.45. The van der Waals surface area contributed by atoms with Gasteiger partial charge in [0.15, 0.2) is 0 Å². The fourth-order valence-corrected chi connectivity index (χ4v) is 2.37. The summed E-state index contributed by atoms with van der Waals surface area (Å²) in [7, 11) is 1.99. The zero-order chi connectivity index (χ0) is 14.5. The summed E-state index contributed by atoms with van der Waals surface area (Å²) in [6, 6.07) is 14.7. The molecule has 0 aliphatic carbocycles. The van der Waals surface area contributed by atoms with Crippen molar-refractivity contribution in [3.63, 3.8) is 0 Å². The van der Waals surface area contributed by atoms with E-state index in [1.165, 1.54) is 17.7 Å². The Morgan fingerprint density at radius 3 is 2.50 bits per heavy atom. The number of rotatable bonds is 5. The van der Waals surface area contributed by atoms with Crippen LogP contribution >= 0.6 is 12.2 Å². The lowest BCUT2D eigenvalue weighted by Crippen LogP contribution is -2.21. The molecule has 0 spiro atoms. The molecule has 0 aliphatic heterocycles. The highest BCUT2D eigenvalue weighted by molar-refractivity contribution is 7.80. The lowest BCUT2D eigenvalue weighted by atomic mass is 10.1. The molecular weight excluding hydrogens is 271 g/mol. The maximum atomic E-state index is 13.4. The molecule has 0 bridgehead atoms. The SMILES string of the molecule is CN(Cc1ccccc1)Cc1cc(F)ccc1C(N)=S. The van der Waals surface area contributed by atoms with E-state index in [2.05, 4.69) is 17.0 Å². The quantitative estimate of drug-likeness (QED) is 0.857. The van der Waals surface area contributed by atoms with Crippen LogP contribution in [0.3, 0.4) is 0 Å². The molecule has 0 unspecified atom stereocenters. The Kier molecular flexibility index (Phi) is 4.82. The predicted octanol–water partition coefficient (Wildman–Crippen LogP) is 3.09. The predicted molar refractivity (Wildman–Crippen MR) is 83.9 cm³/mol. The summed E-state index contributed by atoms with van der Waals surface area (Å²) in [5.74, 6) is -0.270. The van der Waals surface area contributed by atoms with Crippen LogP contribution in [0.25, 0.3) is 0 Å². The van der Waals surface area contributed by atoms with E-state index in [4.69, 9.17) is 18.0 Å². The molecule has 104 valence electrons. The third-order valence-corrected chi connectivity index (χ3v) is 3.29. The maximum Gasteiger partial charge on any atom is 0.123 e. The molecule has 0 heterocycles. The van der Waals surface area contributed by atoms with Gasteiger partial charge in [-0.05, 0) is 36.4 Å². The van der Waals surface area contributed by atoms with E-state index in [0.717, 1.165) is 17.7 Å². The number of hydrogen-bond donors (Lipinski definition) is 1. The van der Waals surface area contributed by atoms with Crippen LogP contribution < -0.4 is 5.73 Å². The van der Waals surface area contributed by atoms with Gasteiger partial charge in [-0.25, -0.2) is 4.39 Å². The topological polar surface area (TPSA) is 29.3 Å². The number of thiocarbonyl (C=S) groups is 1. The minimum absolute atomic E-state index is 0.270. The number of hydrogen-bond acceptors (Lipinski definition) is 2. The number of halogens is 1. The van der Waals surface area contributed by atoms with Crippen molar-refractivity contribution in [2.75, 3.05) is 7.05 Å². The smallest absolute Gasteiger partial charge is 0.123 e. The third kappa shape index (κ3) is 3.85. The van der Waals surface area contributed by atoms with E-state index in [9.17, 15) is 4.39 Å². The van der Waals surface area contributed by atoms with Crippen molar-refractivity contribution in [2.45, 2.75) is 13.1 Å². The van der Waals surface area contributed by atoms with Crippen molar-refractivity contribution < 1.29 is 4.39 Å². The Bertz CT molecular complexity index is 599. The van der Waals surface area contributed by atoms with Crippen LogP contribution in [0.5, 0.6) is 0 Å². The van der Waals surface area contributed by atoms with Crippen molar-refractivity contribution in [2.24, 2.45) is 5.73 Å². The fraction of sp³-hybridized carbons (Fsp3) is 0.188. The van der Waals surface area contributed by atoms with Crippen LogP contribution in [-0.2, 0) is 13.1 Å². The first-order valence-electron chi connectivity index (χ1n) is 6.37. The Balaban J connectivity index is 2.13. The average Bonchev–Trinajstić information content (AvgIpc) is 2.39. The van der Waals surface area contributed by atoms with Crippen LogP contribution in [0, 0.1) is 5.82 Å². The molecule has 2 aromatic carbocycles. The van der Waals surface area contributed by atoms with Crippen LogP contribution in [-0.4, -0.2) is 16.9 Å². The highest BCUT2D eigenvalue weighted by Crippen LogP contribution is 2.15. The Morgan fingerprint density at radius 2 is 1.85 bits per heavy atom. The summed E-state index contributed by atoms with van der Waals surface area (Å²) >= 11 is 5.01. The molecule has 0 fully saturated rings. The van der Waals surface area contributed by atoms with Gasteiger partial charge in [0.1, 0.15) is 10.8 Å². The van der Waals surface area contributed by atoms with Gasteiger partial charge < -0.3 is 5.73 Å². The molecule has 4 heteroatoms. The zero-order valence-corrected chi connectivity index (χ0v) is 12.2. The van der Waals surface area contributed by atoms with Crippen LogP contribution in [0.2, 0.25) is 0 Å². The van der Waals surface area contributed by atoms with E-state index in [1.54, 1.807) is 6.07 Å². The third-order valence-electron chi connectivity index (χ3n) is 3.07. The molecule has 0 saturated heterocycles. The van der Waals surface area contributed by atoms with Gasteiger partial charge >= 0.3 is 0 Å². The number of nitrogens with zero attached hydrogens (tertiary/aromatic N) is 1. The second-order valence-corrected chi connectivity index (χ2v) is 5.26. The molecule has 2 nitrogen and oxygen atoms in total. The lowest BCUT2D eigenvalue weighted by molar-refractivity contribution is 0.318. The van der Waals surface area contributed by atoms with Gasteiger partial charge in [-0.1, -0.05) is 42.5 Å². The van der Waals surface area contributed by atoms with Crippen LogP contribution in [0.1, 0.15) is 16.7 Å². The monoisotopic (exact) mass is 288 g/mol. The van der Waals surface area contributed by atoms with Gasteiger partial charge in [-0.2, -0.15) is 0 Å². The number of nitrogens with two attached hydrogens (primary N) is 1. The summed E-state index contributed by atoms with van der Waals surface area (Å²) in [6.07, 6.45) is 0. The summed E-state index contributed by atoms with van der Waals surface area (Å²) in [6.45, 7) is 1.38. The molecule has 0 amide bonds. The molecule has 0 atom stereocenters. The molecular formula is C16H17FN2S. The average molecular weight is 288 g/mol. The van der Waals surface area contributed by atoms with Crippen molar-refractivity contribution in [3.8, 4) is 0 Å². The van der Waals surface area contributed by atoms with Crippen molar-refractivity contribution >= 4 is 17.2 Å². The number of benzene rings is 2. The van der Waals surface area contributed by atoms with Gasteiger partial charge in [-0.3, -0.25) is 4.90 Å². The summed E-state index contributed by atoms with van der Waals surface area (Å²) < 4.78 is 13.4. The minimum atomic E-state index is -0.270. The second kappa shape index (κ2) is 6.59. The van der Waals surface area contributed by atoms with E-state index >= 15 is 0 Å². The fourth-order valence-electron chi connectivity index (χ4n) is 2.18. The van der Waals surface area contributed by atoms with Crippen LogP contribution in [0.4, 0.5) is 4.39 Å². The first kappa shape index (κ1) is 14.6. The molecule has 0 aromatic heterocycles. The Hall–Kier alpha value is -1.78. The molecule has 0 aliphatic rings. The van der Waals surface area contributed by atoms with Crippen molar-refractivity contribution in [1.29, 1.82) is 0 Å². The largest absolute Gasteiger partial charge is 0.389 e. The summed E-state index contributed by atoms with van der Waals surface area (Å²) in [5, 5.41) is 0. The van der Waals surface area contributed by atoms with Gasteiger partial charge in [0.05, 0.1) is 0 Å². The first-order chi connectivity index (χ1) is 9.56. The van der Waals surface area contributed by atoms with E-state index < -0.39 is 0 Å². The standard InChI is InChI=1S/C16H17FN2S/c1-19(10-12-5-3-2-4-6-12)11-13-9-14(17)7-8-15(13)16(18)20/h2-9H,10-11H2,1H3,(H2,18,20). The zero-order valence-electron chi connectivity index (χ0n) is 11.3. The van der Waals surface area contributed by atoms with Crippen LogP contribution in [0.15, 0.2) is 48.5 Å². The van der Waals surface area contributed by atoms with Gasteiger partial charge in [0, 0.05) is 18.7 Å². The van der Waals surface area contributed by atoms with E-state index in [-0.39, 0.29) is 5.82 Å². The molecule has 2 rings (SSSR count). The molecule has 2 N–H and O–H groups in total. The van der Waals surface area contributed by atoms with E-state index in [1.807, 2.05) is 25.2 Å². The lowest BCUT2D eigenvalue weighted by Gasteiger charge is -2.18. The maximum absolute atomic E-state index is 13.4. The molecule has 0 saturated carbocycles. The molecule has 0 radical (unpaired) electrons. The van der Waals surface area contributed by atoms with Crippen molar-refractivity contribution in [3.05, 3.63) is 71.0 Å². The van der Waals surface area contributed by atoms with Gasteiger partial charge in [0.2, 0.25) is 0 Å². The highest BCUT2D eigenvalue weighted by atomic mass is 32.1. The Labute approximate surface area is 124 Å². The van der Waals surface area contributed by atoms with Crippen molar-refractivity contribution in [1.82, 2.24) is 4.90 Å². The van der Waals surface area contributed by atoms with E-state index in [0.29, 0.717) is 11.5 Å². The highest BCUT2D eigenvalue weighted by Gasteiger charge is 2.09. The molecule has 20 heavy (non-hydrogen) atoms. The minimum Gasteiger partial charge on any atom is -0.389 e. The molecule has 2 aromatic rings. The Morgan fingerprint density at radius 1 is 1.15 bits per heavy atom. The first-order valence-corrected chi connectivity index (χ1v) is 6.78. The van der Waals surface area contributed by atoms with Gasteiger partial charge in [0.25, 0.3) is 0 Å². The summed E-state index contributed by atoms with van der Waals surface area (Å²) in [4.78, 5) is 2.40. The van der Waals surface area contributed by atoms with Gasteiger partial charge in [-0.15, -0.1) is 0 Å².